The Morgan fingerprint density at radius 1 is 1.32 bits per heavy atom. The van der Waals surface area contributed by atoms with Crippen LogP contribution in [0.5, 0.6) is 5.75 Å². The highest BCUT2D eigenvalue weighted by molar-refractivity contribution is 6.30. The minimum absolute atomic E-state index is 0.114. The van der Waals surface area contributed by atoms with Crippen molar-refractivity contribution in [3.63, 3.8) is 0 Å². The molecule has 2 aromatic carbocycles. The molecule has 0 saturated heterocycles. The fourth-order valence-electron chi connectivity index (χ4n) is 2.25. The van der Waals surface area contributed by atoms with Crippen molar-refractivity contribution >= 4 is 17.5 Å². The average molecular weight is 322 g/mol. The molecule has 0 aliphatic heterocycles. The molecule has 0 saturated carbocycles. The van der Waals surface area contributed by atoms with Gasteiger partial charge in [0, 0.05) is 16.1 Å². The number of methoxy groups -OCH3 is 1. The Kier molecular flexibility index (Phi) is 5.39. The zero-order valence-electron chi connectivity index (χ0n) is 12.4. The van der Waals surface area contributed by atoms with Crippen LogP contribution in [0.25, 0.3) is 0 Å². The van der Waals surface area contributed by atoms with Gasteiger partial charge in [0.1, 0.15) is 11.6 Å². The van der Waals surface area contributed by atoms with E-state index in [0.29, 0.717) is 21.9 Å². The van der Waals surface area contributed by atoms with E-state index in [-0.39, 0.29) is 18.1 Å². The first-order chi connectivity index (χ1) is 10.5. The van der Waals surface area contributed by atoms with Gasteiger partial charge in [-0.25, -0.2) is 4.39 Å². The maximum atomic E-state index is 13.7. The molecule has 1 N–H and O–H groups in total. The molecule has 0 radical (unpaired) electrons. The zero-order valence-corrected chi connectivity index (χ0v) is 13.2. The monoisotopic (exact) mass is 321 g/mol. The van der Waals surface area contributed by atoms with Crippen LogP contribution in [0.3, 0.4) is 0 Å². The standard InChI is InChI=1S/C17H17ClFNO2/c1-11(14-5-3-4-6-15(14)19)20-17(21)10-12-9-13(18)7-8-16(12)22-2/h3-9,11H,10H2,1-2H3,(H,20,21). The highest BCUT2D eigenvalue weighted by Gasteiger charge is 2.15. The van der Waals surface area contributed by atoms with Crippen LogP contribution in [0, 0.1) is 5.82 Å². The van der Waals surface area contributed by atoms with Crippen LogP contribution < -0.4 is 10.1 Å². The van der Waals surface area contributed by atoms with Crippen LogP contribution in [0.1, 0.15) is 24.1 Å². The number of hydrogen-bond donors (Lipinski definition) is 1. The predicted molar refractivity (Wildman–Crippen MR) is 84.7 cm³/mol. The lowest BCUT2D eigenvalue weighted by molar-refractivity contribution is -0.121. The summed E-state index contributed by atoms with van der Waals surface area (Å²) in [4.78, 5) is 12.2. The second kappa shape index (κ2) is 7.27. The van der Waals surface area contributed by atoms with Crippen LogP contribution in [0.2, 0.25) is 5.02 Å². The van der Waals surface area contributed by atoms with E-state index in [1.54, 1.807) is 43.3 Å². The molecular weight excluding hydrogens is 305 g/mol. The number of rotatable bonds is 5. The van der Waals surface area contributed by atoms with Gasteiger partial charge < -0.3 is 10.1 Å². The van der Waals surface area contributed by atoms with Crippen molar-refractivity contribution in [3.8, 4) is 5.75 Å². The smallest absolute Gasteiger partial charge is 0.225 e. The molecule has 5 heteroatoms. The van der Waals surface area contributed by atoms with Crippen molar-refractivity contribution in [2.45, 2.75) is 19.4 Å². The van der Waals surface area contributed by atoms with Gasteiger partial charge in [-0.05, 0) is 31.2 Å². The summed E-state index contributed by atoms with van der Waals surface area (Å²) in [6, 6.07) is 11.1. The Balaban J connectivity index is 2.07. The Morgan fingerprint density at radius 2 is 2.05 bits per heavy atom. The van der Waals surface area contributed by atoms with Crippen LogP contribution in [0.4, 0.5) is 4.39 Å². The summed E-state index contributed by atoms with van der Waals surface area (Å²) in [5.41, 5.74) is 1.14. The number of halogens is 2. The molecule has 1 amide bonds. The number of carbonyl (C=O) groups excluding carboxylic acids is 1. The molecule has 2 rings (SSSR count). The molecule has 3 nitrogen and oxygen atoms in total. The second-order valence-corrected chi connectivity index (χ2v) is 5.38. The first-order valence-electron chi connectivity index (χ1n) is 6.87. The lowest BCUT2D eigenvalue weighted by Gasteiger charge is -2.16. The second-order valence-electron chi connectivity index (χ2n) is 4.94. The number of ether oxygens (including phenoxy) is 1. The molecule has 0 heterocycles. The number of hydrogen-bond acceptors (Lipinski definition) is 2. The summed E-state index contributed by atoms with van der Waals surface area (Å²) < 4.78 is 18.9. The van der Waals surface area contributed by atoms with Crippen LogP contribution in [0.15, 0.2) is 42.5 Å². The van der Waals surface area contributed by atoms with E-state index < -0.39 is 6.04 Å². The molecule has 0 spiro atoms. The van der Waals surface area contributed by atoms with Gasteiger partial charge >= 0.3 is 0 Å². The Morgan fingerprint density at radius 3 is 2.73 bits per heavy atom. The summed E-state index contributed by atoms with van der Waals surface area (Å²) in [5, 5.41) is 3.31. The fourth-order valence-corrected chi connectivity index (χ4v) is 2.45. The Labute approximate surface area is 134 Å². The maximum absolute atomic E-state index is 13.7. The summed E-state index contributed by atoms with van der Waals surface area (Å²) in [6.45, 7) is 1.74. The lowest BCUT2D eigenvalue weighted by atomic mass is 10.1. The third kappa shape index (κ3) is 3.98. The summed E-state index contributed by atoms with van der Waals surface area (Å²) in [7, 11) is 1.53. The van der Waals surface area contributed by atoms with E-state index in [2.05, 4.69) is 5.32 Å². The van der Waals surface area contributed by atoms with E-state index in [9.17, 15) is 9.18 Å². The SMILES string of the molecule is COc1ccc(Cl)cc1CC(=O)NC(C)c1ccccc1F. The molecule has 1 unspecified atom stereocenters. The first-order valence-corrected chi connectivity index (χ1v) is 7.25. The number of nitrogens with one attached hydrogen (secondary N) is 1. The molecule has 0 aromatic heterocycles. The van der Waals surface area contributed by atoms with Crippen molar-refractivity contribution in [3.05, 3.63) is 64.4 Å². The van der Waals surface area contributed by atoms with Gasteiger partial charge in [-0.2, -0.15) is 0 Å². The van der Waals surface area contributed by atoms with Crippen molar-refractivity contribution in [2.24, 2.45) is 0 Å². The number of amides is 1. The topological polar surface area (TPSA) is 38.3 Å². The fraction of sp³-hybridized carbons (Fsp3) is 0.235. The van der Waals surface area contributed by atoms with Crippen molar-refractivity contribution in [2.75, 3.05) is 7.11 Å². The summed E-state index contributed by atoms with van der Waals surface area (Å²) in [6.07, 6.45) is 0.114. The third-order valence-electron chi connectivity index (χ3n) is 3.34. The van der Waals surface area contributed by atoms with Crippen molar-refractivity contribution in [1.82, 2.24) is 5.32 Å². The van der Waals surface area contributed by atoms with E-state index in [4.69, 9.17) is 16.3 Å². The largest absolute Gasteiger partial charge is 0.496 e. The minimum Gasteiger partial charge on any atom is -0.496 e. The molecular formula is C17H17ClFNO2. The summed E-state index contributed by atoms with van der Waals surface area (Å²) >= 11 is 5.94. The molecule has 0 aliphatic rings. The molecule has 0 fully saturated rings. The molecule has 0 aliphatic carbocycles. The highest BCUT2D eigenvalue weighted by atomic mass is 35.5. The van der Waals surface area contributed by atoms with Gasteiger partial charge in [0.25, 0.3) is 0 Å². The average Bonchev–Trinajstić information content (AvgIpc) is 2.47. The van der Waals surface area contributed by atoms with E-state index >= 15 is 0 Å². The highest BCUT2D eigenvalue weighted by Crippen LogP contribution is 2.23. The van der Waals surface area contributed by atoms with Crippen molar-refractivity contribution in [1.29, 1.82) is 0 Å². The third-order valence-corrected chi connectivity index (χ3v) is 3.58. The van der Waals surface area contributed by atoms with Gasteiger partial charge in [0.2, 0.25) is 5.91 Å². The number of carbonyl (C=O) groups is 1. The van der Waals surface area contributed by atoms with E-state index in [1.807, 2.05) is 0 Å². The van der Waals surface area contributed by atoms with Crippen LogP contribution >= 0.6 is 11.6 Å². The van der Waals surface area contributed by atoms with E-state index in [0.717, 1.165) is 0 Å². The molecule has 22 heavy (non-hydrogen) atoms. The maximum Gasteiger partial charge on any atom is 0.225 e. The predicted octanol–water partition coefficient (Wildman–Crippen LogP) is 3.91. The zero-order chi connectivity index (χ0) is 16.1. The number of benzene rings is 2. The first kappa shape index (κ1) is 16.3. The van der Waals surface area contributed by atoms with Gasteiger partial charge in [0.15, 0.2) is 0 Å². The molecule has 1 atom stereocenters. The van der Waals surface area contributed by atoms with Gasteiger partial charge in [-0.1, -0.05) is 29.8 Å². The molecule has 116 valence electrons. The Bertz CT molecular complexity index is 675. The Hall–Kier alpha value is -2.07. The quantitative estimate of drug-likeness (QED) is 0.906. The van der Waals surface area contributed by atoms with Gasteiger partial charge in [-0.15, -0.1) is 0 Å². The normalized spacial score (nSPS) is 11.8. The molecule has 2 aromatic rings. The van der Waals surface area contributed by atoms with Crippen molar-refractivity contribution < 1.29 is 13.9 Å². The molecule has 0 bridgehead atoms. The van der Waals surface area contributed by atoms with Crippen LogP contribution in [-0.4, -0.2) is 13.0 Å². The summed E-state index contributed by atoms with van der Waals surface area (Å²) in [5.74, 6) is 0.0325. The van der Waals surface area contributed by atoms with Gasteiger partial charge in [0.05, 0.1) is 19.6 Å². The lowest BCUT2D eigenvalue weighted by Crippen LogP contribution is -2.28. The van der Waals surface area contributed by atoms with E-state index in [1.165, 1.54) is 13.2 Å². The van der Waals surface area contributed by atoms with Gasteiger partial charge in [-0.3, -0.25) is 4.79 Å². The van der Waals surface area contributed by atoms with Crippen LogP contribution in [-0.2, 0) is 11.2 Å². The minimum atomic E-state index is -0.418.